The van der Waals surface area contributed by atoms with Crippen molar-refractivity contribution in [1.29, 1.82) is 0 Å². The number of amides is 1. The molecule has 6 nitrogen and oxygen atoms in total. The highest BCUT2D eigenvalue weighted by Gasteiger charge is 2.29. The Bertz CT molecular complexity index is 803. The van der Waals surface area contributed by atoms with Gasteiger partial charge in [-0.1, -0.05) is 24.3 Å². The number of aryl methyl sites for hydroxylation is 1. The minimum atomic E-state index is -0.541. The summed E-state index contributed by atoms with van der Waals surface area (Å²) in [5.74, 6) is -0.0899. The predicted octanol–water partition coefficient (Wildman–Crippen LogP) is 3.36. The van der Waals surface area contributed by atoms with Crippen molar-refractivity contribution in [3.05, 3.63) is 69.3 Å². The van der Waals surface area contributed by atoms with Gasteiger partial charge in [-0.25, -0.2) is 0 Å². The molecule has 1 aliphatic rings. The zero-order chi connectivity index (χ0) is 17.3. The third kappa shape index (κ3) is 2.71. The third-order valence-electron chi connectivity index (χ3n) is 4.51. The van der Waals surface area contributed by atoms with E-state index in [2.05, 4.69) is 6.07 Å². The van der Waals surface area contributed by atoms with E-state index in [1.165, 1.54) is 24.8 Å². The van der Waals surface area contributed by atoms with Crippen LogP contribution in [0.1, 0.15) is 33.9 Å². The van der Waals surface area contributed by atoms with Crippen LogP contribution in [0, 0.1) is 10.1 Å². The summed E-state index contributed by atoms with van der Waals surface area (Å²) >= 11 is 0. The number of hydrogen-bond acceptors (Lipinski definition) is 4. The minimum Gasteiger partial charge on any atom is -0.490 e. The molecule has 3 rings (SSSR count). The monoisotopic (exact) mass is 326 g/mol. The van der Waals surface area contributed by atoms with Crippen molar-refractivity contribution in [3.8, 4) is 5.75 Å². The molecular formula is C18H18N2O4. The number of methoxy groups -OCH3 is 1. The van der Waals surface area contributed by atoms with Crippen LogP contribution >= 0.6 is 0 Å². The largest absolute Gasteiger partial charge is 0.490 e. The van der Waals surface area contributed by atoms with E-state index in [0.29, 0.717) is 0 Å². The summed E-state index contributed by atoms with van der Waals surface area (Å²) < 4.78 is 4.98. The molecule has 6 heteroatoms. The Hall–Kier alpha value is -2.89. The lowest BCUT2D eigenvalue weighted by atomic mass is 10.1. The van der Waals surface area contributed by atoms with Crippen LogP contribution < -0.4 is 4.74 Å². The molecule has 0 aromatic heterocycles. The molecule has 0 radical (unpaired) electrons. The first-order chi connectivity index (χ1) is 11.5. The highest BCUT2D eigenvalue weighted by molar-refractivity contribution is 5.95. The Labute approximate surface area is 139 Å². The van der Waals surface area contributed by atoms with Gasteiger partial charge in [0.25, 0.3) is 5.91 Å². The fourth-order valence-corrected chi connectivity index (χ4v) is 3.25. The second-order valence-electron chi connectivity index (χ2n) is 5.81. The smallest absolute Gasteiger partial charge is 0.311 e. The molecule has 124 valence electrons. The quantitative estimate of drug-likeness (QED) is 0.638. The van der Waals surface area contributed by atoms with Crippen LogP contribution in [0.5, 0.6) is 5.75 Å². The highest BCUT2D eigenvalue weighted by atomic mass is 16.6. The molecule has 2 aromatic carbocycles. The van der Waals surface area contributed by atoms with E-state index in [0.717, 1.165) is 18.4 Å². The van der Waals surface area contributed by atoms with E-state index in [4.69, 9.17) is 4.74 Å². The Balaban J connectivity index is 1.90. The van der Waals surface area contributed by atoms with Gasteiger partial charge in [0.1, 0.15) is 0 Å². The van der Waals surface area contributed by atoms with Crippen molar-refractivity contribution in [3.63, 3.8) is 0 Å². The summed E-state index contributed by atoms with van der Waals surface area (Å²) in [6.45, 7) is 0. The second kappa shape index (κ2) is 6.31. The van der Waals surface area contributed by atoms with E-state index < -0.39 is 4.92 Å². The second-order valence-corrected chi connectivity index (χ2v) is 5.81. The molecule has 2 aromatic rings. The maximum Gasteiger partial charge on any atom is 0.311 e. The van der Waals surface area contributed by atoms with Crippen LogP contribution in [0.3, 0.4) is 0 Å². The lowest BCUT2D eigenvalue weighted by Gasteiger charge is -2.25. The highest BCUT2D eigenvalue weighted by Crippen LogP contribution is 2.36. The molecule has 0 heterocycles. The van der Waals surface area contributed by atoms with Crippen molar-refractivity contribution >= 4 is 11.6 Å². The number of nitro benzene ring substituents is 1. The number of benzene rings is 2. The van der Waals surface area contributed by atoms with Crippen LogP contribution in [0.15, 0.2) is 42.5 Å². The van der Waals surface area contributed by atoms with Gasteiger partial charge in [-0.15, -0.1) is 0 Å². The van der Waals surface area contributed by atoms with E-state index in [1.807, 2.05) is 18.2 Å². The zero-order valence-corrected chi connectivity index (χ0v) is 13.6. The van der Waals surface area contributed by atoms with Crippen molar-refractivity contribution in [2.24, 2.45) is 0 Å². The van der Waals surface area contributed by atoms with Crippen LogP contribution in [0.2, 0.25) is 0 Å². The molecule has 1 aliphatic carbocycles. The van der Waals surface area contributed by atoms with Crippen LogP contribution in [0.25, 0.3) is 0 Å². The number of rotatable bonds is 4. The first kappa shape index (κ1) is 16.0. The molecule has 24 heavy (non-hydrogen) atoms. The van der Waals surface area contributed by atoms with Gasteiger partial charge < -0.3 is 9.64 Å². The standard InChI is InChI=1S/C18H18N2O4/c1-19(15-9-7-12-5-3-4-6-14(12)15)18(21)13-8-10-17(24-2)16(11-13)20(22)23/h3-6,8,10-11,15H,7,9H2,1-2H3. The van der Waals surface area contributed by atoms with Crippen molar-refractivity contribution in [2.45, 2.75) is 18.9 Å². The fraction of sp³-hybridized carbons (Fsp3) is 0.278. The van der Waals surface area contributed by atoms with Crippen molar-refractivity contribution in [2.75, 3.05) is 14.2 Å². The fourth-order valence-electron chi connectivity index (χ4n) is 3.25. The molecule has 1 amide bonds. The number of nitro groups is 1. The molecule has 0 fully saturated rings. The molecular weight excluding hydrogens is 308 g/mol. The molecule has 0 bridgehead atoms. The number of carbonyl (C=O) groups excluding carboxylic acids is 1. The first-order valence-electron chi connectivity index (χ1n) is 7.70. The molecule has 0 saturated heterocycles. The summed E-state index contributed by atoms with van der Waals surface area (Å²) in [5, 5.41) is 11.1. The van der Waals surface area contributed by atoms with Gasteiger partial charge in [-0.3, -0.25) is 14.9 Å². The van der Waals surface area contributed by atoms with Gasteiger partial charge in [0.15, 0.2) is 5.75 Å². The molecule has 1 atom stereocenters. The minimum absolute atomic E-state index is 0.00476. The zero-order valence-electron chi connectivity index (χ0n) is 13.6. The number of ether oxygens (including phenoxy) is 1. The topological polar surface area (TPSA) is 72.7 Å². The van der Waals surface area contributed by atoms with Crippen LogP contribution in [0.4, 0.5) is 5.69 Å². The number of nitrogens with zero attached hydrogens (tertiary/aromatic N) is 2. The van der Waals surface area contributed by atoms with E-state index in [1.54, 1.807) is 18.0 Å². The van der Waals surface area contributed by atoms with Gasteiger partial charge in [0.2, 0.25) is 0 Å². The van der Waals surface area contributed by atoms with E-state index in [-0.39, 0.29) is 28.9 Å². The van der Waals surface area contributed by atoms with Crippen molar-refractivity contribution in [1.82, 2.24) is 4.90 Å². The third-order valence-corrected chi connectivity index (χ3v) is 4.51. The summed E-state index contributed by atoms with van der Waals surface area (Å²) in [6.07, 6.45) is 1.79. The van der Waals surface area contributed by atoms with Gasteiger partial charge >= 0.3 is 5.69 Å². The lowest BCUT2D eigenvalue weighted by Crippen LogP contribution is -2.30. The Kier molecular flexibility index (Phi) is 4.20. The van der Waals surface area contributed by atoms with Gasteiger partial charge in [-0.05, 0) is 36.1 Å². The van der Waals surface area contributed by atoms with E-state index >= 15 is 0 Å². The Morgan fingerprint density at radius 3 is 2.75 bits per heavy atom. The normalized spacial score (nSPS) is 15.7. The molecule has 0 N–H and O–H groups in total. The summed E-state index contributed by atoms with van der Waals surface area (Å²) in [4.78, 5) is 25.0. The summed E-state index contributed by atoms with van der Waals surface area (Å²) in [6, 6.07) is 12.4. The SMILES string of the molecule is COc1ccc(C(=O)N(C)C2CCc3ccccc32)cc1[N+](=O)[O-]. The van der Waals surface area contributed by atoms with E-state index in [9.17, 15) is 14.9 Å². The van der Waals surface area contributed by atoms with Gasteiger partial charge in [-0.2, -0.15) is 0 Å². The van der Waals surface area contributed by atoms with Crippen LogP contribution in [-0.4, -0.2) is 29.9 Å². The molecule has 0 spiro atoms. The first-order valence-corrected chi connectivity index (χ1v) is 7.70. The average molecular weight is 326 g/mol. The van der Waals surface area contributed by atoms with Crippen LogP contribution in [-0.2, 0) is 6.42 Å². The predicted molar refractivity (Wildman–Crippen MR) is 89.2 cm³/mol. The maximum atomic E-state index is 12.8. The average Bonchev–Trinajstić information content (AvgIpc) is 3.03. The summed E-state index contributed by atoms with van der Waals surface area (Å²) in [7, 11) is 3.11. The number of hydrogen-bond donors (Lipinski definition) is 0. The molecule has 0 aliphatic heterocycles. The summed E-state index contributed by atoms with van der Waals surface area (Å²) in [5.41, 5.74) is 2.48. The Morgan fingerprint density at radius 2 is 2.04 bits per heavy atom. The number of carbonyl (C=O) groups is 1. The molecule has 0 saturated carbocycles. The maximum absolute atomic E-state index is 12.8. The van der Waals surface area contributed by atoms with Crippen molar-refractivity contribution < 1.29 is 14.5 Å². The van der Waals surface area contributed by atoms with Gasteiger partial charge in [0, 0.05) is 18.7 Å². The Morgan fingerprint density at radius 1 is 1.29 bits per heavy atom. The van der Waals surface area contributed by atoms with Gasteiger partial charge in [0.05, 0.1) is 18.1 Å². The molecule has 1 unspecified atom stereocenters. The lowest BCUT2D eigenvalue weighted by molar-refractivity contribution is -0.385. The number of fused-ring (bicyclic) bond motifs is 1.